The van der Waals surface area contributed by atoms with E-state index in [1.165, 1.54) is 31.7 Å². The molecular formula is C16H21F2NO. The maximum atomic E-state index is 13.2. The molecule has 2 saturated carbocycles. The molecule has 2 fully saturated rings. The first kappa shape index (κ1) is 14.0. The summed E-state index contributed by atoms with van der Waals surface area (Å²) >= 11 is 0. The summed E-state index contributed by atoms with van der Waals surface area (Å²) < 4.78 is 26.1. The number of benzene rings is 1. The van der Waals surface area contributed by atoms with Crippen molar-refractivity contribution in [2.45, 2.75) is 50.8 Å². The molecule has 2 bridgehead atoms. The Bertz CT molecular complexity index is 493. The molecule has 5 atom stereocenters. The van der Waals surface area contributed by atoms with E-state index in [1.54, 1.807) is 0 Å². The SMILES string of the molecule is CC(NC1CC2CCC1C2)C(O)c1ccc(F)c(F)c1. The molecule has 1 aromatic carbocycles. The summed E-state index contributed by atoms with van der Waals surface area (Å²) in [6.45, 7) is 1.90. The predicted octanol–water partition coefficient (Wildman–Crippen LogP) is 3.16. The van der Waals surface area contributed by atoms with Crippen LogP contribution in [-0.4, -0.2) is 17.2 Å². The first-order valence-corrected chi connectivity index (χ1v) is 7.43. The van der Waals surface area contributed by atoms with Crippen molar-refractivity contribution in [3.63, 3.8) is 0 Å². The smallest absolute Gasteiger partial charge is 0.159 e. The molecule has 3 rings (SSSR count). The van der Waals surface area contributed by atoms with Crippen LogP contribution in [0, 0.1) is 23.5 Å². The third-order valence-electron chi connectivity index (χ3n) is 4.97. The summed E-state index contributed by atoms with van der Waals surface area (Å²) in [5, 5.41) is 13.8. The number of hydrogen-bond donors (Lipinski definition) is 2. The highest BCUT2D eigenvalue weighted by Crippen LogP contribution is 2.44. The Morgan fingerprint density at radius 1 is 1.20 bits per heavy atom. The van der Waals surface area contributed by atoms with Crippen LogP contribution in [0.15, 0.2) is 18.2 Å². The number of nitrogens with one attached hydrogen (secondary N) is 1. The third-order valence-corrected chi connectivity index (χ3v) is 4.97. The molecule has 110 valence electrons. The monoisotopic (exact) mass is 281 g/mol. The Morgan fingerprint density at radius 3 is 2.60 bits per heavy atom. The summed E-state index contributed by atoms with van der Waals surface area (Å²) in [5.41, 5.74) is 0.423. The minimum atomic E-state index is -0.909. The topological polar surface area (TPSA) is 32.3 Å². The normalized spacial score (nSPS) is 31.5. The highest BCUT2D eigenvalue weighted by molar-refractivity contribution is 5.21. The van der Waals surface area contributed by atoms with Crippen LogP contribution in [0.25, 0.3) is 0 Å². The molecule has 20 heavy (non-hydrogen) atoms. The second kappa shape index (κ2) is 5.41. The Kier molecular flexibility index (Phi) is 3.78. The Hall–Kier alpha value is -1.00. The van der Waals surface area contributed by atoms with E-state index in [1.807, 2.05) is 6.92 Å². The van der Waals surface area contributed by atoms with E-state index in [2.05, 4.69) is 5.32 Å². The quantitative estimate of drug-likeness (QED) is 0.888. The van der Waals surface area contributed by atoms with Gasteiger partial charge in [0.05, 0.1) is 6.10 Å². The molecule has 1 aromatic rings. The molecule has 0 radical (unpaired) electrons. The number of hydrogen-bond acceptors (Lipinski definition) is 2. The van der Waals surface area contributed by atoms with Gasteiger partial charge >= 0.3 is 0 Å². The summed E-state index contributed by atoms with van der Waals surface area (Å²) in [6, 6.07) is 3.90. The van der Waals surface area contributed by atoms with Crippen LogP contribution in [0.4, 0.5) is 8.78 Å². The van der Waals surface area contributed by atoms with Crippen molar-refractivity contribution >= 4 is 0 Å². The van der Waals surface area contributed by atoms with E-state index in [9.17, 15) is 13.9 Å². The van der Waals surface area contributed by atoms with Crippen molar-refractivity contribution in [1.29, 1.82) is 0 Å². The van der Waals surface area contributed by atoms with Crippen LogP contribution in [0.3, 0.4) is 0 Å². The molecule has 5 unspecified atom stereocenters. The first-order chi connectivity index (χ1) is 9.54. The number of fused-ring (bicyclic) bond motifs is 2. The predicted molar refractivity (Wildman–Crippen MR) is 73.2 cm³/mol. The molecule has 4 heteroatoms. The summed E-state index contributed by atoms with van der Waals surface area (Å²) in [6.07, 6.45) is 4.27. The van der Waals surface area contributed by atoms with E-state index >= 15 is 0 Å². The van der Waals surface area contributed by atoms with Crippen molar-refractivity contribution in [2.75, 3.05) is 0 Å². The van der Waals surface area contributed by atoms with Gasteiger partial charge in [-0.05, 0) is 55.7 Å². The Labute approximate surface area is 118 Å². The lowest BCUT2D eigenvalue weighted by Gasteiger charge is -2.29. The molecule has 0 heterocycles. The van der Waals surface area contributed by atoms with Gasteiger partial charge in [-0.15, -0.1) is 0 Å². The number of aliphatic hydroxyl groups excluding tert-OH is 1. The number of rotatable bonds is 4. The maximum absolute atomic E-state index is 13.2. The van der Waals surface area contributed by atoms with Gasteiger partial charge in [-0.2, -0.15) is 0 Å². The van der Waals surface area contributed by atoms with Gasteiger partial charge in [-0.1, -0.05) is 12.5 Å². The second-order valence-electron chi connectivity index (χ2n) is 6.36. The summed E-state index contributed by atoms with van der Waals surface area (Å²) in [7, 11) is 0. The minimum Gasteiger partial charge on any atom is -0.387 e. The standard InChI is InChI=1S/C16H21F2NO/c1-9(19-15-7-10-2-3-11(15)6-10)16(20)12-4-5-13(17)14(18)8-12/h4-5,8-11,15-16,19-20H,2-3,6-7H2,1H3. The van der Waals surface area contributed by atoms with Crippen LogP contribution in [-0.2, 0) is 0 Å². The van der Waals surface area contributed by atoms with Gasteiger partial charge in [-0.3, -0.25) is 0 Å². The van der Waals surface area contributed by atoms with Crippen LogP contribution in [0.1, 0.15) is 44.3 Å². The van der Waals surface area contributed by atoms with Gasteiger partial charge < -0.3 is 10.4 Å². The second-order valence-corrected chi connectivity index (χ2v) is 6.36. The Balaban J connectivity index is 1.64. The molecule has 2 N–H and O–H groups in total. The van der Waals surface area contributed by atoms with Crippen LogP contribution < -0.4 is 5.32 Å². The molecule has 0 aromatic heterocycles. The van der Waals surface area contributed by atoms with E-state index in [0.29, 0.717) is 11.6 Å². The maximum Gasteiger partial charge on any atom is 0.159 e. The van der Waals surface area contributed by atoms with Crippen molar-refractivity contribution in [1.82, 2.24) is 5.32 Å². The van der Waals surface area contributed by atoms with E-state index in [-0.39, 0.29) is 6.04 Å². The van der Waals surface area contributed by atoms with E-state index in [0.717, 1.165) is 24.0 Å². The van der Waals surface area contributed by atoms with Gasteiger partial charge in [0, 0.05) is 12.1 Å². The molecular weight excluding hydrogens is 260 g/mol. The summed E-state index contributed by atoms with van der Waals surface area (Å²) in [5.74, 6) is -0.229. The van der Waals surface area contributed by atoms with Crippen LogP contribution in [0.5, 0.6) is 0 Å². The molecule has 0 saturated heterocycles. The molecule has 0 spiro atoms. The fourth-order valence-electron chi connectivity index (χ4n) is 3.86. The zero-order chi connectivity index (χ0) is 14.3. The van der Waals surface area contributed by atoms with Crippen molar-refractivity contribution in [2.24, 2.45) is 11.8 Å². The lowest BCUT2D eigenvalue weighted by atomic mass is 9.93. The van der Waals surface area contributed by atoms with E-state index < -0.39 is 17.7 Å². The number of aliphatic hydroxyl groups is 1. The average Bonchev–Trinajstić information content (AvgIpc) is 3.03. The third kappa shape index (κ3) is 2.59. The molecule has 2 aliphatic carbocycles. The molecule has 0 aliphatic heterocycles. The zero-order valence-electron chi connectivity index (χ0n) is 11.7. The lowest BCUT2D eigenvalue weighted by molar-refractivity contribution is 0.122. The van der Waals surface area contributed by atoms with Crippen LogP contribution in [0.2, 0.25) is 0 Å². The van der Waals surface area contributed by atoms with Crippen molar-refractivity contribution in [3.05, 3.63) is 35.4 Å². The van der Waals surface area contributed by atoms with Crippen LogP contribution >= 0.6 is 0 Å². The highest BCUT2D eigenvalue weighted by atomic mass is 19.2. The van der Waals surface area contributed by atoms with E-state index in [4.69, 9.17) is 0 Å². The fourth-order valence-corrected chi connectivity index (χ4v) is 3.86. The van der Waals surface area contributed by atoms with Gasteiger partial charge in [-0.25, -0.2) is 8.78 Å². The Morgan fingerprint density at radius 2 is 2.00 bits per heavy atom. The number of halogens is 2. The largest absolute Gasteiger partial charge is 0.387 e. The van der Waals surface area contributed by atoms with Crippen molar-refractivity contribution < 1.29 is 13.9 Å². The van der Waals surface area contributed by atoms with Gasteiger partial charge in [0.25, 0.3) is 0 Å². The first-order valence-electron chi connectivity index (χ1n) is 7.43. The lowest BCUT2D eigenvalue weighted by Crippen LogP contribution is -2.42. The molecule has 0 amide bonds. The average molecular weight is 281 g/mol. The summed E-state index contributed by atoms with van der Waals surface area (Å²) in [4.78, 5) is 0. The molecule has 2 nitrogen and oxygen atoms in total. The van der Waals surface area contributed by atoms with Gasteiger partial charge in [0.15, 0.2) is 11.6 Å². The fraction of sp³-hybridized carbons (Fsp3) is 0.625. The van der Waals surface area contributed by atoms with Crippen molar-refractivity contribution in [3.8, 4) is 0 Å². The highest BCUT2D eigenvalue weighted by Gasteiger charge is 2.40. The van der Waals surface area contributed by atoms with Gasteiger partial charge in [0.2, 0.25) is 0 Å². The minimum absolute atomic E-state index is 0.163. The van der Waals surface area contributed by atoms with Gasteiger partial charge in [0.1, 0.15) is 0 Å². The zero-order valence-corrected chi connectivity index (χ0v) is 11.7. The molecule has 2 aliphatic rings.